The van der Waals surface area contributed by atoms with Crippen LogP contribution in [0.25, 0.3) is 11.0 Å². The standard InChI is InChI=1S/C21H22ClN5O2/c1-4-23-20(28)14-9-13(22)7-8-16(14)25-21(29)15-10-17(12-5-6-12)24-19-18(15)11(2)26-27(19)3/h7-10,12H,4-6H2,1-3H3,(H,23,28)(H,25,29). The predicted octanol–water partition coefficient (Wildman–Crippen LogP) is 3.81. The topological polar surface area (TPSA) is 88.9 Å². The van der Waals surface area contributed by atoms with E-state index >= 15 is 0 Å². The van der Waals surface area contributed by atoms with Crippen LogP contribution in [0.2, 0.25) is 5.02 Å². The lowest BCUT2D eigenvalue weighted by atomic mass is 10.1. The first kappa shape index (κ1) is 19.4. The maximum absolute atomic E-state index is 13.3. The molecule has 0 atom stereocenters. The fourth-order valence-corrected chi connectivity index (χ4v) is 3.66. The Hall–Kier alpha value is -2.93. The van der Waals surface area contributed by atoms with Gasteiger partial charge in [0.1, 0.15) is 0 Å². The van der Waals surface area contributed by atoms with Gasteiger partial charge in [0.15, 0.2) is 5.65 Å². The highest BCUT2D eigenvalue weighted by Crippen LogP contribution is 2.40. The zero-order chi connectivity index (χ0) is 20.7. The van der Waals surface area contributed by atoms with E-state index in [2.05, 4.69) is 15.7 Å². The zero-order valence-electron chi connectivity index (χ0n) is 16.5. The third kappa shape index (κ3) is 3.70. The van der Waals surface area contributed by atoms with E-state index in [1.165, 1.54) is 0 Å². The lowest BCUT2D eigenvalue weighted by Crippen LogP contribution is -2.25. The number of aromatic nitrogens is 3. The monoisotopic (exact) mass is 411 g/mol. The van der Waals surface area contributed by atoms with Crippen molar-refractivity contribution in [1.29, 1.82) is 0 Å². The van der Waals surface area contributed by atoms with Gasteiger partial charge in [0, 0.05) is 30.2 Å². The van der Waals surface area contributed by atoms with Crippen molar-refractivity contribution >= 4 is 40.1 Å². The molecular formula is C21H22ClN5O2. The number of nitrogens with zero attached hydrogens (tertiary/aromatic N) is 3. The molecule has 4 rings (SSSR count). The smallest absolute Gasteiger partial charge is 0.256 e. The Morgan fingerprint density at radius 1 is 1.21 bits per heavy atom. The molecule has 0 radical (unpaired) electrons. The summed E-state index contributed by atoms with van der Waals surface area (Å²) in [5, 5.41) is 11.2. The first-order chi connectivity index (χ1) is 13.9. The number of benzene rings is 1. The molecular weight excluding hydrogens is 390 g/mol. The molecule has 1 aliphatic carbocycles. The van der Waals surface area contributed by atoms with Crippen LogP contribution in [0.4, 0.5) is 5.69 Å². The second-order valence-corrected chi connectivity index (χ2v) is 7.72. The number of fused-ring (bicyclic) bond motifs is 1. The molecule has 8 heteroatoms. The molecule has 2 N–H and O–H groups in total. The van der Waals surface area contributed by atoms with Crippen LogP contribution in [0, 0.1) is 6.92 Å². The van der Waals surface area contributed by atoms with Crippen molar-refractivity contribution in [2.75, 3.05) is 11.9 Å². The van der Waals surface area contributed by atoms with Crippen LogP contribution < -0.4 is 10.6 Å². The molecule has 1 aliphatic rings. The van der Waals surface area contributed by atoms with Crippen LogP contribution in [-0.2, 0) is 7.05 Å². The van der Waals surface area contributed by atoms with Crippen molar-refractivity contribution in [2.24, 2.45) is 7.05 Å². The first-order valence-electron chi connectivity index (χ1n) is 9.62. The summed E-state index contributed by atoms with van der Waals surface area (Å²) in [5.74, 6) is -0.202. The largest absolute Gasteiger partial charge is 0.352 e. The number of anilines is 1. The Morgan fingerprint density at radius 2 is 1.97 bits per heavy atom. The Balaban J connectivity index is 1.76. The van der Waals surface area contributed by atoms with Gasteiger partial charge in [-0.25, -0.2) is 4.98 Å². The number of hydrogen-bond acceptors (Lipinski definition) is 4. The van der Waals surface area contributed by atoms with Gasteiger partial charge in [0.25, 0.3) is 11.8 Å². The molecule has 7 nitrogen and oxygen atoms in total. The molecule has 150 valence electrons. The molecule has 0 bridgehead atoms. The van der Waals surface area contributed by atoms with E-state index in [0.717, 1.165) is 29.6 Å². The van der Waals surface area contributed by atoms with Crippen molar-refractivity contribution in [3.05, 3.63) is 51.8 Å². The summed E-state index contributed by atoms with van der Waals surface area (Å²) in [6, 6.07) is 6.69. The molecule has 1 aromatic carbocycles. The van der Waals surface area contributed by atoms with Crippen molar-refractivity contribution in [1.82, 2.24) is 20.1 Å². The highest BCUT2D eigenvalue weighted by atomic mass is 35.5. The minimum atomic E-state index is -0.303. The van der Waals surface area contributed by atoms with Crippen molar-refractivity contribution in [3.63, 3.8) is 0 Å². The number of nitrogens with one attached hydrogen (secondary N) is 2. The molecule has 1 fully saturated rings. The molecule has 0 aliphatic heterocycles. The number of pyridine rings is 1. The highest BCUT2D eigenvalue weighted by molar-refractivity contribution is 6.31. The summed E-state index contributed by atoms with van der Waals surface area (Å²) in [7, 11) is 1.83. The normalized spacial score (nSPS) is 13.5. The number of aryl methyl sites for hydroxylation is 2. The maximum atomic E-state index is 13.3. The fourth-order valence-electron chi connectivity index (χ4n) is 3.49. The lowest BCUT2D eigenvalue weighted by Gasteiger charge is -2.13. The van der Waals surface area contributed by atoms with Crippen LogP contribution in [0.5, 0.6) is 0 Å². The summed E-state index contributed by atoms with van der Waals surface area (Å²) in [4.78, 5) is 30.4. The van der Waals surface area contributed by atoms with Gasteiger partial charge in [-0.1, -0.05) is 11.6 Å². The van der Waals surface area contributed by atoms with Crippen molar-refractivity contribution in [2.45, 2.75) is 32.6 Å². The number of amides is 2. The van der Waals surface area contributed by atoms with E-state index in [0.29, 0.717) is 39.9 Å². The average Bonchev–Trinajstić information content (AvgIpc) is 3.49. The Kier molecular flexibility index (Phi) is 5.00. The minimum Gasteiger partial charge on any atom is -0.352 e. The summed E-state index contributed by atoms with van der Waals surface area (Å²) in [5.41, 5.74) is 3.58. The predicted molar refractivity (Wildman–Crippen MR) is 113 cm³/mol. The van der Waals surface area contributed by atoms with E-state index in [1.54, 1.807) is 22.9 Å². The van der Waals surface area contributed by atoms with Gasteiger partial charge < -0.3 is 10.6 Å². The Bertz CT molecular complexity index is 1130. The fraction of sp³-hybridized carbons (Fsp3) is 0.333. The van der Waals surface area contributed by atoms with Gasteiger partial charge in [0.2, 0.25) is 0 Å². The van der Waals surface area contributed by atoms with Crippen molar-refractivity contribution < 1.29 is 9.59 Å². The average molecular weight is 412 g/mol. The second kappa shape index (κ2) is 7.48. The SMILES string of the molecule is CCNC(=O)c1cc(Cl)ccc1NC(=O)c1cc(C2CC2)nc2c1c(C)nn2C. The molecule has 2 heterocycles. The van der Waals surface area contributed by atoms with Gasteiger partial charge in [-0.15, -0.1) is 0 Å². The molecule has 0 spiro atoms. The molecule has 2 amide bonds. The first-order valence-corrected chi connectivity index (χ1v) is 10.00. The Labute approximate surface area is 173 Å². The van der Waals surface area contributed by atoms with Gasteiger partial charge >= 0.3 is 0 Å². The quantitative estimate of drug-likeness (QED) is 0.668. The van der Waals surface area contributed by atoms with Gasteiger partial charge in [-0.05, 0) is 51.0 Å². The van der Waals surface area contributed by atoms with Gasteiger partial charge in [0.05, 0.1) is 27.9 Å². The number of carbonyl (C=O) groups excluding carboxylic acids is 2. The molecule has 29 heavy (non-hydrogen) atoms. The molecule has 1 saturated carbocycles. The second-order valence-electron chi connectivity index (χ2n) is 7.28. The molecule has 0 saturated heterocycles. The van der Waals surface area contributed by atoms with Gasteiger partial charge in [-0.3, -0.25) is 14.3 Å². The van der Waals surface area contributed by atoms with Crippen LogP contribution in [0.1, 0.15) is 57.8 Å². The Morgan fingerprint density at radius 3 is 2.66 bits per heavy atom. The number of halogens is 1. The molecule has 3 aromatic rings. The summed E-state index contributed by atoms with van der Waals surface area (Å²) in [6.07, 6.45) is 2.16. The molecule has 0 unspecified atom stereocenters. The van der Waals surface area contributed by atoms with Gasteiger partial charge in [-0.2, -0.15) is 5.10 Å². The van der Waals surface area contributed by atoms with E-state index in [1.807, 2.05) is 27.0 Å². The van der Waals surface area contributed by atoms with Crippen LogP contribution >= 0.6 is 11.6 Å². The third-order valence-corrected chi connectivity index (χ3v) is 5.28. The van der Waals surface area contributed by atoms with Crippen LogP contribution in [0.3, 0.4) is 0 Å². The van der Waals surface area contributed by atoms with Crippen LogP contribution in [0.15, 0.2) is 24.3 Å². The van der Waals surface area contributed by atoms with E-state index in [9.17, 15) is 9.59 Å². The number of rotatable bonds is 5. The van der Waals surface area contributed by atoms with E-state index in [-0.39, 0.29) is 11.8 Å². The highest BCUT2D eigenvalue weighted by Gasteiger charge is 2.28. The summed E-state index contributed by atoms with van der Waals surface area (Å²) < 4.78 is 1.70. The third-order valence-electron chi connectivity index (χ3n) is 5.04. The minimum absolute atomic E-state index is 0.290. The van der Waals surface area contributed by atoms with E-state index in [4.69, 9.17) is 16.6 Å². The zero-order valence-corrected chi connectivity index (χ0v) is 17.3. The number of hydrogen-bond donors (Lipinski definition) is 2. The van der Waals surface area contributed by atoms with E-state index < -0.39 is 0 Å². The summed E-state index contributed by atoms with van der Waals surface area (Å²) >= 11 is 6.07. The maximum Gasteiger partial charge on any atom is 0.256 e. The van der Waals surface area contributed by atoms with Crippen LogP contribution in [-0.4, -0.2) is 33.1 Å². The summed E-state index contributed by atoms with van der Waals surface area (Å²) in [6.45, 7) is 4.17. The number of carbonyl (C=O) groups is 2. The lowest BCUT2D eigenvalue weighted by molar-refractivity contribution is 0.0956. The van der Waals surface area contributed by atoms with Crippen molar-refractivity contribution in [3.8, 4) is 0 Å². The molecule has 2 aromatic heterocycles.